The summed E-state index contributed by atoms with van der Waals surface area (Å²) in [6.45, 7) is 6.60. The molecular formula is C23H22ClFN8. The minimum atomic E-state index is -0.319. The first-order chi connectivity index (χ1) is 15.9. The van der Waals surface area contributed by atoms with Crippen LogP contribution in [0.3, 0.4) is 0 Å². The van der Waals surface area contributed by atoms with Gasteiger partial charge in [-0.2, -0.15) is 5.26 Å². The van der Waals surface area contributed by atoms with E-state index in [4.69, 9.17) is 11.6 Å². The number of rotatable bonds is 3. The Morgan fingerprint density at radius 3 is 2.61 bits per heavy atom. The number of pyridine rings is 1. The highest BCUT2D eigenvalue weighted by atomic mass is 35.5. The summed E-state index contributed by atoms with van der Waals surface area (Å²) in [5, 5.41) is 19.2. The average molecular weight is 465 g/mol. The zero-order valence-electron chi connectivity index (χ0n) is 18.1. The van der Waals surface area contributed by atoms with Crippen molar-refractivity contribution in [2.24, 2.45) is 5.41 Å². The molecule has 2 aromatic heterocycles. The van der Waals surface area contributed by atoms with Gasteiger partial charge in [-0.3, -0.25) is 9.47 Å². The van der Waals surface area contributed by atoms with Crippen LogP contribution >= 0.6 is 11.6 Å². The van der Waals surface area contributed by atoms with Gasteiger partial charge in [-0.05, 0) is 42.8 Å². The number of nitriles is 1. The van der Waals surface area contributed by atoms with E-state index in [-0.39, 0.29) is 17.3 Å². The van der Waals surface area contributed by atoms with Crippen molar-refractivity contribution >= 4 is 23.4 Å². The third kappa shape index (κ3) is 3.33. The van der Waals surface area contributed by atoms with Gasteiger partial charge < -0.3 is 9.80 Å². The van der Waals surface area contributed by atoms with E-state index in [0.717, 1.165) is 55.0 Å². The van der Waals surface area contributed by atoms with Crippen molar-refractivity contribution in [3.8, 4) is 11.8 Å². The molecule has 0 N–H and O–H groups in total. The molecule has 0 saturated carbocycles. The van der Waals surface area contributed by atoms with Gasteiger partial charge in [0.1, 0.15) is 11.6 Å². The van der Waals surface area contributed by atoms with E-state index in [0.29, 0.717) is 18.1 Å². The number of hydrogen-bond donors (Lipinski definition) is 0. The van der Waals surface area contributed by atoms with Crippen LogP contribution in [0, 0.1) is 22.6 Å². The molecule has 0 radical (unpaired) electrons. The van der Waals surface area contributed by atoms with Gasteiger partial charge in [-0.1, -0.05) is 11.6 Å². The molecule has 1 atom stereocenters. The molecule has 1 spiro atoms. The number of fused-ring (bicyclic) bond motifs is 3. The molecule has 0 bridgehead atoms. The van der Waals surface area contributed by atoms with Crippen molar-refractivity contribution in [3.05, 3.63) is 58.8 Å². The second kappa shape index (κ2) is 7.40. The minimum Gasteiger partial charge on any atom is -0.355 e. The van der Waals surface area contributed by atoms with Crippen LogP contribution < -0.4 is 9.80 Å². The topological polar surface area (TPSA) is 77.1 Å². The lowest BCUT2D eigenvalue weighted by molar-refractivity contribution is 0.153. The molecule has 0 amide bonds. The van der Waals surface area contributed by atoms with E-state index in [2.05, 4.69) is 40.5 Å². The van der Waals surface area contributed by atoms with Gasteiger partial charge in [0.25, 0.3) is 0 Å². The molecule has 5 heterocycles. The fourth-order valence-corrected chi connectivity index (χ4v) is 5.35. The van der Waals surface area contributed by atoms with Crippen molar-refractivity contribution < 1.29 is 4.39 Å². The van der Waals surface area contributed by atoms with E-state index in [1.807, 2.05) is 25.1 Å². The van der Waals surface area contributed by atoms with E-state index in [9.17, 15) is 9.65 Å². The molecule has 6 rings (SSSR count). The summed E-state index contributed by atoms with van der Waals surface area (Å²) in [6, 6.07) is 11.1. The van der Waals surface area contributed by atoms with Gasteiger partial charge >= 0.3 is 0 Å². The predicted octanol–water partition coefficient (Wildman–Crippen LogP) is 3.01. The van der Waals surface area contributed by atoms with Crippen molar-refractivity contribution in [2.45, 2.75) is 26.1 Å². The quantitative estimate of drug-likeness (QED) is 0.589. The van der Waals surface area contributed by atoms with Crippen LogP contribution in [0.15, 0.2) is 36.5 Å². The molecule has 2 fully saturated rings. The van der Waals surface area contributed by atoms with Gasteiger partial charge in [0.05, 0.1) is 30.5 Å². The summed E-state index contributed by atoms with van der Waals surface area (Å²) in [6.07, 6.45) is 1.26. The van der Waals surface area contributed by atoms with Crippen LogP contribution in [0.5, 0.6) is 0 Å². The molecule has 2 saturated heterocycles. The van der Waals surface area contributed by atoms with Crippen LogP contribution in [0.25, 0.3) is 5.69 Å². The highest BCUT2D eigenvalue weighted by molar-refractivity contribution is 6.30. The van der Waals surface area contributed by atoms with Gasteiger partial charge in [-0.25, -0.2) is 9.37 Å². The molecule has 33 heavy (non-hydrogen) atoms. The molecular weight excluding hydrogens is 443 g/mol. The number of hydrogen-bond acceptors (Lipinski definition) is 7. The predicted molar refractivity (Wildman–Crippen MR) is 122 cm³/mol. The lowest BCUT2D eigenvalue weighted by Gasteiger charge is -2.60. The Bertz CT molecular complexity index is 1250. The fraction of sp³-hybridized carbons (Fsp3) is 0.391. The molecule has 3 aromatic rings. The van der Waals surface area contributed by atoms with Crippen LogP contribution in [0.2, 0.25) is 5.02 Å². The third-order valence-corrected chi connectivity index (χ3v) is 7.11. The Morgan fingerprint density at radius 1 is 1.09 bits per heavy atom. The average Bonchev–Trinajstić information content (AvgIpc) is 3.07. The van der Waals surface area contributed by atoms with Gasteiger partial charge in [-0.15, -0.1) is 10.2 Å². The maximum Gasteiger partial charge on any atom is 0.231 e. The fourth-order valence-electron chi connectivity index (χ4n) is 5.16. The lowest BCUT2D eigenvalue weighted by atomic mass is 9.73. The Morgan fingerprint density at radius 2 is 1.88 bits per heavy atom. The molecule has 3 aliphatic rings. The second-order valence-electron chi connectivity index (χ2n) is 9.28. The Kier molecular flexibility index (Phi) is 4.57. The van der Waals surface area contributed by atoms with Gasteiger partial charge in [0, 0.05) is 43.2 Å². The molecule has 1 aromatic carbocycles. The SMILES string of the molecule is CC(C#N)N1Cc2cc(Cl)ccc2-n2c(nnc2N2CC3(CN(c4ccc(F)cn4)C3)C2)C1. The summed E-state index contributed by atoms with van der Waals surface area (Å²) >= 11 is 6.30. The minimum absolute atomic E-state index is 0.192. The molecule has 1 unspecified atom stereocenters. The van der Waals surface area contributed by atoms with E-state index in [1.165, 1.54) is 12.3 Å². The zero-order valence-corrected chi connectivity index (χ0v) is 18.9. The number of nitrogens with zero attached hydrogens (tertiary/aromatic N) is 8. The first kappa shape index (κ1) is 20.4. The largest absolute Gasteiger partial charge is 0.355 e. The maximum atomic E-state index is 13.2. The summed E-state index contributed by atoms with van der Waals surface area (Å²) in [4.78, 5) is 10.7. The summed E-state index contributed by atoms with van der Waals surface area (Å²) in [7, 11) is 0. The molecule has 10 heteroatoms. The van der Waals surface area contributed by atoms with Crippen molar-refractivity contribution in [1.82, 2.24) is 24.6 Å². The zero-order chi connectivity index (χ0) is 22.7. The first-order valence-electron chi connectivity index (χ1n) is 10.9. The van der Waals surface area contributed by atoms with Crippen LogP contribution in [-0.4, -0.2) is 56.9 Å². The molecule has 3 aliphatic heterocycles. The molecule has 8 nitrogen and oxygen atoms in total. The summed E-state index contributed by atoms with van der Waals surface area (Å²) in [5.41, 5.74) is 2.25. The number of aromatic nitrogens is 4. The van der Waals surface area contributed by atoms with Crippen LogP contribution in [0.1, 0.15) is 18.3 Å². The Hall–Kier alpha value is -3.22. The smallest absolute Gasteiger partial charge is 0.231 e. The number of benzene rings is 1. The molecule has 168 valence electrons. The van der Waals surface area contributed by atoms with Gasteiger partial charge in [0.15, 0.2) is 5.82 Å². The van der Waals surface area contributed by atoms with Crippen molar-refractivity contribution in [3.63, 3.8) is 0 Å². The summed E-state index contributed by atoms with van der Waals surface area (Å²) in [5.74, 6) is 2.14. The normalized spacial score (nSPS) is 19.7. The summed E-state index contributed by atoms with van der Waals surface area (Å²) < 4.78 is 15.3. The van der Waals surface area contributed by atoms with Crippen LogP contribution in [0.4, 0.5) is 16.2 Å². The Labute approximate surface area is 195 Å². The highest BCUT2D eigenvalue weighted by Crippen LogP contribution is 2.44. The number of halogens is 2. The van der Waals surface area contributed by atoms with Crippen molar-refractivity contribution in [1.29, 1.82) is 5.26 Å². The number of anilines is 2. The molecule has 0 aliphatic carbocycles. The lowest BCUT2D eigenvalue weighted by Crippen LogP contribution is -2.73. The Balaban J connectivity index is 1.25. The van der Waals surface area contributed by atoms with Gasteiger partial charge in [0.2, 0.25) is 5.95 Å². The maximum absolute atomic E-state index is 13.2. The standard InChI is InChI=1S/C23H22ClFN8/c1-15(7-26)30-9-16-6-17(24)2-4-19(16)33-21(10-30)28-29-22(33)32-13-23(14-32)11-31(12-23)20-5-3-18(25)8-27-20/h2-6,8,15H,9-14H2,1H3. The highest BCUT2D eigenvalue weighted by Gasteiger charge is 2.53. The van der Waals surface area contributed by atoms with E-state index in [1.54, 1.807) is 6.07 Å². The third-order valence-electron chi connectivity index (χ3n) is 6.87. The monoisotopic (exact) mass is 464 g/mol. The van der Waals surface area contributed by atoms with E-state index < -0.39 is 0 Å². The first-order valence-corrected chi connectivity index (χ1v) is 11.3. The second-order valence-corrected chi connectivity index (χ2v) is 9.72. The van der Waals surface area contributed by atoms with E-state index >= 15 is 0 Å². The van der Waals surface area contributed by atoms with Crippen LogP contribution in [-0.2, 0) is 13.1 Å². The van der Waals surface area contributed by atoms with Crippen molar-refractivity contribution in [2.75, 3.05) is 36.0 Å².